The van der Waals surface area contributed by atoms with Crippen LogP contribution in [0.15, 0.2) is 76.9 Å². The zero-order valence-electron chi connectivity index (χ0n) is 16.9. The van der Waals surface area contributed by atoms with Crippen molar-refractivity contribution in [3.05, 3.63) is 99.5 Å². The van der Waals surface area contributed by atoms with Crippen LogP contribution in [0.5, 0.6) is 5.75 Å². The highest BCUT2D eigenvalue weighted by Crippen LogP contribution is 2.43. The van der Waals surface area contributed by atoms with E-state index in [0.717, 1.165) is 6.07 Å². The molecule has 2 aromatic carbocycles. The normalized spacial score (nSPS) is 17.5. The van der Waals surface area contributed by atoms with Crippen molar-refractivity contribution in [1.29, 1.82) is 0 Å². The van der Waals surface area contributed by atoms with Crippen LogP contribution in [0.1, 0.15) is 22.9 Å². The zero-order valence-corrected chi connectivity index (χ0v) is 16.9. The maximum Gasteiger partial charge on any atom is 0.296 e. The largest absolute Gasteiger partial charge is 0.507 e. The standard InChI is InChI=1S/C23H18N2O7/c1-31-18-10-3-2-9-17(18)20-19(21(26)14-6-4-7-15(12-14)25(29)30)22(27)23(28)24(20)13-16-8-5-11-32-16/h2-12,20,26H,13H2,1H3/b21-19+/t20-/m1/s1. The third-order valence-corrected chi connectivity index (χ3v) is 5.21. The number of furan rings is 1. The van der Waals surface area contributed by atoms with E-state index < -0.39 is 28.4 Å². The first-order valence-corrected chi connectivity index (χ1v) is 9.61. The maximum atomic E-state index is 13.0. The van der Waals surface area contributed by atoms with Gasteiger partial charge in [-0.05, 0) is 18.2 Å². The lowest BCUT2D eigenvalue weighted by atomic mass is 9.94. The van der Waals surface area contributed by atoms with E-state index >= 15 is 0 Å². The Kier molecular flexibility index (Phi) is 5.46. The summed E-state index contributed by atoms with van der Waals surface area (Å²) in [6, 6.07) is 14.4. The van der Waals surface area contributed by atoms with Crippen molar-refractivity contribution in [3.63, 3.8) is 0 Å². The fourth-order valence-corrected chi connectivity index (χ4v) is 3.75. The number of likely N-dealkylation sites (tertiary alicyclic amines) is 1. The highest BCUT2D eigenvalue weighted by Gasteiger charge is 2.47. The van der Waals surface area contributed by atoms with Crippen LogP contribution in [-0.2, 0) is 16.1 Å². The van der Waals surface area contributed by atoms with Gasteiger partial charge in [-0.1, -0.05) is 30.3 Å². The highest BCUT2D eigenvalue weighted by atomic mass is 16.6. The Morgan fingerprint density at radius 2 is 1.94 bits per heavy atom. The van der Waals surface area contributed by atoms with Crippen LogP contribution in [-0.4, -0.2) is 33.7 Å². The average molecular weight is 434 g/mol. The number of ether oxygens (including phenoxy) is 1. The number of nitro groups is 1. The van der Waals surface area contributed by atoms with Gasteiger partial charge in [-0.3, -0.25) is 19.7 Å². The number of aliphatic hydroxyl groups is 1. The summed E-state index contributed by atoms with van der Waals surface area (Å²) in [5.74, 6) is -1.39. The number of carbonyl (C=O) groups excluding carboxylic acids is 2. The van der Waals surface area contributed by atoms with Gasteiger partial charge in [0.15, 0.2) is 0 Å². The molecule has 1 saturated heterocycles. The van der Waals surface area contributed by atoms with Crippen LogP contribution in [0.4, 0.5) is 5.69 Å². The number of benzene rings is 2. The van der Waals surface area contributed by atoms with Gasteiger partial charge in [-0.2, -0.15) is 0 Å². The summed E-state index contributed by atoms with van der Waals surface area (Å²) in [7, 11) is 1.46. The smallest absolute Gasteiger partial charge is 0.296 e. The van der Waals surface area contributed by atoms with Gasteiger partial charge < -0.3 is 19.2 Å². The molecule has 2 heterocycles. The second kappa shape index (κ2) is 8.38. The van der Waals surface area contributed by atoms with Gasteiger partial charge in [0.1, 0.15) is 17.3 Å². The van der Waals surface area contributed by atoms with Crippen LogP contribution in [0.25, 0.3) is 5.76 Å². The Morgan fingerprint density at radius 3 is 2.62 bits per heavy atom. The first-order chi connectivity index (χ1) is 15.4. The van der Waals surface area contributed by atoms with Crippen molar-refractivity contribution in [2.24, 2.45) is 0 Å². The summed E-state index contributed by atoms with van der Waals surface area (Å²) in [6.07, 6.45) is 1.45. The molecule has 0 aliphatic carbocycles. The summed E-state index contributed by atoms with van der Waals surface area (Å²) in [6.45, 7) is -0.0218. The Morgan fingerprint density at radius 1 is 1.16 bits per heavy atom. The van der Waals surface area contributed by atoms with Gasteiger partial charge in [-0.25, -0.2) is 0 Å². The van der Waals surface area contributed by atoms with Crippen LogP contribution >= 0.6 is 0 Å². The zero-order chi connectivity index (χ0) is 22.8. The molecule has 32 heavy (non-hydrogen) atoms. The molecule has 3 aromatic rings. The molecule has 0 bridgehead atoms. The number of methoxy groups -OCH3 is 1. The van der Waals surface area contributed by atoms with Crippen molar-refractivity contribution < 1.29 is 28.8 Å². The summed E-state index contributed by atoms with van der Waals surface area (Å²) in [5, 5.41) is 22.2. The molecule has 0 saturated carbocycles. The monoisotopic (exact) mass is 434 g/mol. The maximum absolute atomic E-state index is 13.0. The molecule has 1 amide bonds. The molecule has 1 N–H and O–H groups in total. The predicted molar refractivity (Wildman–Crippen MR) is 113 cm³/mol. The van der Waals surface area contributed by atoms with Crippen LogP contribution < -0.4 is 4.74 Å². The van der Waals surface area contributed by atoms with E-state index in [0.29, 0.717) is 17.1 Å². The molecular formula is C23H18N2O7. The molecule has 0 spiro atoms. The fraction of sp³-hybridized carbons (Fsp3) is 0.130. The van der Waals surface area contributed by atoms with E-state index in [2.05, 4.69) is 0 Å². The molecule has 4 rings (SSSR count). The molecule has 1 atom stereocenters. The molecule has 162 valence electrons. The lowest BCUT2D eigenvalue weighted by Gasteiger charge is -2.25. The van der Waals surface area contributed by atoms with Gasteiger partial charge >= 0.3 is 0 Å². The number of nitro benzene ring substituents is 1. The number of carbonyl (C=O) groups is 2. The summed E-state index contributed by atoms with van der Waals surface area (Å²) >= 11 is 0. The Bertz CT molecular complexity index is 1230. The van der Waals surface area contributed by atoms with E-state index in [1.54, 1.807) is 36.4 Å². The van der Waals surface area contributed by atoms with Crippen molar-refractivity contribution in [3.8, 4) is 5.75 Å². The first-order valence-electron chi connectivity index (χ1n) is 9.61. The minimum absolute atomic E-state index is 0.0218. The van der Waals surface area contributed by atoms with E-state index in [1.807, 2.05) is 0 Å². The number of hydrogen-bond donors (Lipinski definition) is 1. The van der Waals surface area contributed by atoms with Gasteiger partial charge in [0.05, 0.1) is 36.5 Å². The summed E-state index contributed by atoms with van der Waals surface area (Å²) < 4.78 is 10.8. The van der Waals surface area contributed by atoms with Crippen molar-refractivity contribution in [2.75, 3.05) is 7.11 Å². The molecule has 9 nitrogen and oxygen atoms in total. The van der Waals surface area contributed by atoms with Crippen LogP contribution in [0, 0.1) is 10.1 Å². The molecule has 1 aliphatic heterocycles. The average Bonchev–Trinajstić information content (AvgIpc) is 3.41. The number of non-ortho nitro benzene ring substituents is 1. The molecule has 0 radical (unpaired) electrons. The SMILES string of the molecule is COc1ccccc1[C@@H]1/C(=C(\O)c2cccc([N+](=O)[O-])c2)C(=O)C(=O)N1Cc1ccco1. The number of Topliss-reactive ketones (excluding diaryl/α,β-unsaturated/α-hetero) is 1. The van der Waals surface area contributed by atoms with Gasteiger partial charge in [-0.15, -0.1) is 0 Å². The number of nitrogens with zero attached hydrogens (tertiary/aromatic N) is 2. The van der Waals surface area contributed by atoms with Crippen LogP contribution in [0.2, 0.25) is 0 Å². The minimum atomic E-state index is -0.990. The lowest BCUT2D eigenvalue weighted by Crippen LogP contribution is -2.29. The number of para-hydroxylation sites is 1. The molecule has 1 aliphatic rings. The number of aliphatic hydroxyl groups excluding tert-OH is 1. The summed E-state index contributed by atoms with van der Waals surface area (Å²) in [5.41, 5.74) is 0.0853. The molecule has 9 heteroatoms. The van der Waals surface area contributed by atoms with E-state index in [4.69, 9.17) is 9.15 Å². The Hall–Kier alpha value is -4.40. The van der Waals surface area contributed by atoms with Gasteiger partial charge in [0, 0.05) is 23.3 Å². The fourth-order valence-electron chi connectivity index (χ4n) is 3.75. The molecular weight excluding hydrogens is 416 g/mol. The Balaban J connectivity index is 1.92. The number of ketones is 1. The summed E-state index contributed by atoms with van der Waals surface area (Å²) in [4.78, 5) is 37.9. The topological polar surface area (TPSA) is 123 Å². The van der Waals surface area contributed by atoms with E-state index in [9.17, 15) is 24.8 Å². The van der Waals surface area contributed by atoms with Crippen molar-refractivity contribution in [1.82, 2.24) is 4.90 Å². The molecule has 1 fully saturated rings. The number of hydrogen-bond acceptors (Lipinski definition) is 7. The minimum Gasteiger partial charge on any atom is -0.507 e. The third kappa shape index (κ3) is 3.60. The Labute approximate surface area is 182 Å². The van der Waals surface area contributed by atoms with Gasteiger partial charge in [0.2, 0.25) is 0 Å². The second-order valence-corrected chi connectivity index (χ2v) is 7.06. The molecule has 1 aromatic heterocycles. The highest BCUT2D eigenvalue weighted by molar-refractivity contribution is 6.46. The van der Waals surface area contributed by atoms with Crippen LogP contribution in [0.3, 0.4) is 0 Å². The van der Waals surface area contributed by atoms with Gasteiger partial charge in [0.25, 0.3) is 17.4 Å². The molecule has 0 unspecified atom stereocenters. The van der Waals surface area contributed by atoms with Crippen molar-refractivity contribution in [2.45, 2.75) is 12.6 Å². The second-order valence-electron chi connectivity index (χ2n) is 7.06. The predicted octanol–water partition coefficient (Wildman–Crippen LogP) is 3.82. The van der Waals surface area contributed by atoms with E-state index in [-0.39, 0.29) is 23.4 Å². The quantitative estimate of drug-likeness (QED) is 0.206. The number of amides is 1. The van der Waals surface area contributed by atoms with Crippen molar-refractivity contribution >= 4 is 23.1 Å². The lowest BCUT2D eigenvalue weighted by molar-refractivity contribution is -0.384. The van der Waals surface area contributed by atoms with E-state index in [1.165, 1.54) is 36.5 Å². The number of rotatable bonds is 6. The third-order valence-electron chi connectivity index (χ3n) is 5.21. The first kappa shape index (κ1) is 20.9.